The van der Waals surface area contributed by atoms with Gasteiger partial charge in [0.1, 0.15) is 0 Å². The zero-order chi connectivity index (χ0) is 18.2. The lowest BCUT2D eigenvalue weighted by atomic mass is 9.90. The molecule has 1 atom stereocenters. The van der Waals surface area contributed by atoms with Gasteiger partial charge in [-0.2, -0.15) is 18.3 Å². The van der Waals surface area contributed by atoms with Crippen LogP contribution in [0.4, 0.5) is 18.9 Å². The Balaban J connectivity index is 1.97. The third-order valence-electron chi connectivity index (χ3n) is 3.96. The van der Waals surface area contributed by atoms with E-state index in [-0.39, 0.29) is 5.91 Å². The largest absolute Gasteiger partial charge is 0.416 e. The normalized spacial score (nSPS) is 18.3. The van der Waals surface area contributed by atoms with E-state index >= 15 is 0 Å². The molecule has 0 bridgehead atoms. The molecule has 3 nitrogen and oxygen atoms in total. The Kier molecular flexibility index (Phi) is 4.69. The fraction of sp³-hybridized carbons (Fsp3) is 0.222. The first kappa shape index (κ1) is 17.7. The van der Waals surface area contributed by atoms with Gasteiger partial charge < -0.3 is 0 Å². The Morgan fingerprint density at radius 1 is 1.16 bits per heavy atom. The molecule has 0 radical (unpaired) electrons. The van der Waals surface area contributed by atoms with E-state index in [2.05, 4.69) is 21.0 Å². The quantitative estimate of drug-likeness (QED) is 0.655. The summed E-state index contributed by atoms with van der Waals surface area (Å²) in [5.74, 6) is -1.03. The van der Waals surface area contributed by atoms with Crippen molar-refractivity contribution in [1.29, 1.82) is 0 Å². The van der Waals surface area contributed by atoms with Crippen molar-refractivity contribution in [3.63, 3.8) is 0 Å². The summed E-state index contributed by atoms with van der Waals surface area (Å²) in [5, 5.41) is 5.53. The Bertz CT molecular complexity index is 831. The topological polar surface area (TPSA) is 32.7 Å². The van der Waals surface area contributed by atoms with Crippen LogP contribution in [0.1, 0.15) is 30.4 Å². The van der Waals surface area contributed by atoms with E-state index in [1.54, 1.807) is 37.3 Å². The van der Waals surface area contributed by atoms with Crippen LogP contribution in [0.15, 0.2) is 58.1 Å². The minimum absolute atomic E-state index is 0.299. The van der Waals surface area contributed by atoms with Crippen molar-refractivity contribution in [2.24, 2.45) is 5.10 Å². The predicted octanol–water partition coefficient (Wildman–Crippen LogP) is 5.36. The summed E-state index contributed by atoms with van der Waals surface area (Å²) in [7, 11) is 0. The Labute approximate surface area is 151 Å². The van der Waals surface area contributed by atoms with Gasteiger partial charge in [-0.1, -0.05) is 34.1 Å². The van der Waals surface area contributed by atoms with Gasteiger partial charge in [-0.25, -0.2) is 5.01 Å². The zero-order valence-corrected chi connectivity index (χ0v) is 14.8. The molecule has 0 aliphatic carbocycles. The van der Waals surface area contributed by atoms with Crippen LogP contribution in [0, 0.1) is 0 Å². The van der Waals surface area contributed by atoms with Gasteiger partial charge in [-0.3, -0.25) is 4.79 Å². The predicted molar refractivity (Wildman–Crippen MR) is 93.5 cm³/mol. The lowest BCUT2D eigenvalue weighted by Gasteiger charge is -2.29. The summed E-state index contributed by atoms with van der Waals surface area (Å²) < 4.78 is 39.8. The summed E-state index contributed by atoms with van der Waals surface area (Å²) in [5.41, 5.74) is 0.846. The summed E-state index contributed by atoms with van der Waals surface area (Å²) in [6, 6.07) is 11.9. The smallest absolute Gasteiger partial charge is 0.272 e. The highest BCUT2D eigenvalue weighted by Gasteiger charge is 2.35. The first-order valence-corrected chi connectivity index (χ1v) is 8.36. The third-order valence-corrected chi connectivity index (χ3v) is 4.49. The van der Waals surface area contributed by atoms with E-state index in [4.69, 9.17) is 0 Å². The van der Waals surface area contributed by atoms with Crippen molar-refractivity contribution >= 4 is 33.2 Å². The SMILES string of the molecule is CC1=NN(c2ccc(Br)cc2)C(=O)C(c2cccc(C(F)(F)F)c2)C1. The van der Waals surface area contributed by atoms with E-state index in [0.717, 1.165) is 16.6 Å². The number of hydrogen-bond donors (Lipinski definition) is 0. The standard InChI is InChI=1S/C18H14BrF3N2O/c1-11-9-16(12-3-2-4-13(10-12)18(20,21)22)17(25)24(23-11)15-7-5-14(19)6-8-15/h2-8,10,16H,9H2,1H3. The molecule has 0 spiro atoms. The summed E-state index contributed by atoms with van der Waals surface area (Å²) in [4.78, 5) is 12.8. The van der Waals surface area contributed by atoms with Crippen LogP contribution in [-0.2, 0) is 11.0 Å². The first-order chi connectivity index (χ1) is 11.8. The fourth-order valence-electron chi connectivity index (χ4n) is 2.75. The van der Waals surface area contributed by atoms with Gasteiger partial charge in [0.05, 0.1) is 17.2 Å². The third kappa shape index (κ3) is 3.76. The average molecular weight is 411 g/mol. The second-order valence-corrected chi connectivity index (χ2v) is 6.76. The number of carbonyl (C=O) groups excluding carboxylic acids is 1. The molecule has 0 saturated heterocycles. The number of carbonyl (C=O) groups is 1. The molecule has 7 heteroatoms. The second kappa shape index (κ2) is 6.63. The number of rotatable bonds is 2. The fourth-order valence-corrected chi connectivity index (χ4v) is 3.01. The maximum absolute atomic E-state index is 13.0. The van der Waals surface area contributed by atoms with Crippen LogP contribution in [0.2, 0.25) is 0 Å². The van der Waals surface area contributed by atoms with Crippen LogP contribution in [0.5, 0.6) is 0 Å². The van der Waals surface area contributed by atoms with Gasteiger partial charge >= 0.3 is 6.18 Å². The van der Waals surface area contributed by atoms with Crippen LogP contribution in [0.25, 0.3) is 0 Å². The molecule has 1 heterocycles. The summed E-state index contributed by atoms with van der Waals surface area (Å²) in [6.45, 7) is 1.76. The molecule has 0 N–H and O–H groups in total. The summed E-state index contributed by atoms with van der Waals surface area (Å²) in [6.07, 6.45) is -4.14. The molecule has 130 valence electrons. The van der Waals surface area contributed by atoms with Gasteiger partial charge in [-0.15, -0.1) is 0 Å². The van der Waals surface area contributed by atoms with E-state index < -0.39 is 17.7 Å². The molecule has 3 rings (SSSR count). The van der Waals surface area contributed by atoms with Gasteiger partial charge in [0.15, 0.2) is 0 Å². The minimum atomic E-state index is -4.44. The Morgan fingerprint density at radius 2 is 1.84 bits per heavy atom. The van der Waals surface area contributed by atoms with E-state index in [9.17, 15) is 18.0 Å². The van der Waals surface area contributed by atoms with E-state index in [1.807, 2.05) is 0 Å². The van der Waals surface area contributed by atoms with E-state index in [0.29, 0.717) is 23.4 Å². The Hall–Kier alpha value is -2.15. The molecule has 2 aromatic carbocycles. The van der Waals surface area contributed by atoms with Gasteiger partial charge in [0, 0.05) is 16.6 Å². The van der Waals surface area contributed by atoms with Crippen molar-refractivity contribution in [2.45, 2.75) is 25.4 Å². The number of halogens is 4. The number of hydrogen-bond acceptors (Lipinski definition) is 2. The molecular weight excluding hydrogens is 397 g/mol. The van der Waals surface area contributed by atoms with Crippen molar-refractivity contribution in [3.05, 3.63) is 64.1 Å². The number of alkyl halides is 3. The van der Waals surface area contributed by atoms with Gasteiger partial charge in [-0.05, 0) is 42.8 Å². The van der Waals surface area contributed by atoms with Crippen molar-refractivity contribution in [1.82, 2.24) is 0 Å². The number of amides is 1. The highest BCUT2D eigenvalue weighted by atomic mass is 79.9. The molecule has 25 heavy (non-hydrogen) atoms. The van der Waals surface area contributed by atoms with Crippen molar-refractivity contribution in [3.8, 4) is 0 Å². The van der Waals surface area contributed by atoms with Crippen molar-refractivity contribution in [2.75, 3.05) is 5.01 Å². The number of nitrogens with zero attached hydrogens (tertiary/aromatic N) is 2. The minimum Gasteiger partial charge on any atom is -0.272 e. The maximum Gasteiger partial charge on any atom is 0.416 e. The second-order valence-electron chi connectivity index (χ2n) is 5.84. The molecule has 1 aliphatic rings. The molecule has 1 aliphatic heterocycles. The molecule has 2 aromatic rings. The van der Waals surface area contributed by atoms with Crippen molar-refractivity contribution < 1.29 is 18.0 Å². The van der Waals surface area contributed by atoms with Gasteiger partial charge in [0.2, 0.25) is 0 Å². The number of anilines is 1. The first-order valence-electron chi connectivity index (χ1n) is 7.56. The van der Waals surface area contributed by atoms with Gasteiger partial charge in [0.25, 0.3) is 5.91 Å². The number of hydrazone groups is 1. The Morgan fingerprint density at radius 3 is 2.48 bits per heavy atom. The monoisotopic (exact) mass is 410 g/mol. The number of benzene rings is 2. The molecular formula is C18H14BrF3N2O. The van der Waals surface area contributed by atoms with Crippen LogP contribution >= 0.6 is 15.9 Å². The molecule has 1 amide bonds. The van der Waals surface area contributed by atoms with E-state index in [1.165, 1.54) is 11.1 Å². The zero-order valence-electron chi connectivity index (χ0n) is 13.2. The summed E-state index contributed by atoms with van der Waals surface area (Å²) >= 11 is 3.33. The van der Waals surface area contributed by atoms with Crippen LogP contribution in [-0.4, -0.2) is 11.6 Å². The highest BCUT2D eigenvalue weighted by Crippen LogP contribution is 2.35. The van der Waals surface area contributed by atoms with Crippen LogP contribution < -0.4 is 5.01 Å². The highest BCUT2D eigenvalue weighted by molar-refractivity contribution is 9.10. The molecule has 0 saturated carbocycles. The molecule has 0 aromatic heterocycles. The molecule has 1 unspecified atom stereocenters. The lowest BCUT2D eigenvalue weighted by molar-refractivity contribution is -0.137. The van der Waals surface area contributed by atoms with Crippen LogP contribution in [0.3, 0.4) is 0 Å². The average Bonchev–Trinajstić information content (AvgIpc) is 2.57. The lowest BCUT2D eigenvalue weighted by Crippen LogP contribution is -2.36. The maximum atomic E-state index is 13.0. The molecule has 0 fully saturated rings.